The Balaban J connectivity index is 1.96. The van der Waals surface area contributed by atoms with Crippen LogP contribution in [0.1, 0.15) is 17.0 Å². The summed E-state index contributed by atoms with van der Waals surface area (Å²) in [4.78, 5) is 4.52. The van der Waals surface area contributed by atoms with Crippen molar-refractivity contribution in [3.05, 3.63) is 65.6 Å². The van der Waals surface area contributed by atoms with Gasteiger partial charge in [0.05, 0.1) is 0 Å². The van der Waals surface area contributed by atoms with Crippen molar-refractivity contribution in [2.45, 2.75) is 13.3 Å². The van der Waals surface area contributed by atoms with Crippen molar-refractivity contribution in [3.63, 3.8) is 0 Å². The lowest BCUT2D eigenvalue weighted by Crippen LogP contribution is -1.91. The highest BCUT2D eigenvalue weighted by Gasteiger charge is 2.04. The van der Waals surface area contributed by atoms with Gasteiger partial charge in [-0.05, 0) is 30.2 Å². The van der Waals surface area contributed by atoms with E-state index in [0.717, 1.165) is 17.9 Å². The monoisotopic (exact) mass is 223 g/mol. The summed E-state index contributed by atoms with van der Waals surface area (Å²) in [7, 11) is 0. The van der Waals surface area contributed by atoms with Crippen molar-refractivity contribution in [2.75, 3.05) is 0 Å². The predicted molar refractivity (Wildman–Crippen MR) is 67.0 cm³/mol. The van der Waals surface area contributed by atoms with Gasteiger partial charge in [-0.1, -0.05) is 30.3 Å². The van der Waals surface area contributed by atoms with Gasteiger partial charge in [0, 0.05) is 12.6 Å². The lowest BCUT2D eigenvalue weighted by Gasteiger charge is -1.94. The Kier molecular flexibility index (Phi) is 2.37. The topological polar surface area (TPSA) is 30.2 Å². The van der Waals surface area contributed by atoms with Crippen LogP contribution >= 0.6 is 0 Å². The van der Waals surface area contributed by atoms with Crippen LogP contribution in [0.2, 0.25) is 0 Å². The number of benzene rings is 1. The van der Waals surface area contributed by atoms with Crippen LogP contribution in [-0.2, 0) is 6.42 Å². The normalized spacial score (nSPS) is 10.9. The molecule has 0 fully saturated rings. The highest BCUT2D eigenvalue weighted by atomic mass is 15.3. The third-order valence-electron chi connectivity index (χ3n) is 2.74. The molecule has 0 radical (unpaired) electrons. The van der Waals surface area contributed by atoms with E-state index in [2.05, 4.69) is 29.1 Å². The predicted octanol–water partition coefficient (Wildman–Crippen LogP) is 2.63. The number of pyridine rings is 1. The van der Waals surface area contributed by atoms with Crippen molar-refractivity contribution in [2.24, 2.45) is 0 Å². The van der Waals surface area contributed by atoms with Crippen LogP contribution in [0.5, 0.6) is 0 Å². The Hall–Kier alpha value is -2.16. The molecule has 0 bridgehead atoms. The number of nitrogens with zero attached hydrogens (tertiary/aromatic N) is 3. The molecule has 17 heavy (non-hydrogen) atoms. The second-order valence-electron chi connectivity index (χ2n) is 4.20. The van der Waals surface area contributed by atoms with Gasteiger partial charge in [-0.25, -0.2) is 9.50 Å². The zero-order valence-corrected chi connectivity index (χ0v) is 9.67. The van der Waals surface area contributed by atoms with Crippen LogP contribution in [0.25, 0.3) is 5.65 Å². The van der Waals surface area contributed by atoms with E-state index in [1.165, 1.54) is 11.1 Å². The molecule has 3 aromatic rings. The number of fused-ring (bicyclic) bond motifs is 1. The van der Waals surface area contributed by atoms with Crippen LogP contribution in [-0.4, -0.2) is 14.6 Å². The minimum Gasteiger partial charge on any atom is -0.221 e. The summed E-state index contributed by atoms with van der Waals surface area (Å²) in [5.41, 5.74) is 3.35. The summed E-state index contributed by atoms with van der Waals surface area (Å²) in [5.74, 6) is 0.863. The lowest BCUT2D eigenvalue weighted by atomic mass is 10.1. The van der Waals surface area contributed by atoms with Gasteiger partial charge in [0.15, 0.2) is 11.5 Å². The number of hydrogen-bond acceptors (Lipinski definition) is 2. The summed E-state index contributed by atoms with van der Waals surface area (Å²) in [6, 6.07) is 14.4. The third-order valence-corrected chi connectivity index (χ3v) is 2.74. The highest BCUT2D eigenvalue weighted by Crippen LogP contribution is 2.08. The van der Waals surface area contributed by atoms with Gasteiger partial charge >= 0.3 is 0 Å². The van der Waals surface area contributed by atoms with E-state index in [9.17, 15) is 0 Å². The minimum absolute atomic E-state index is 0.779. The molecule has 0 spiro atoms. The van der Waals surface area contributed by atoms with Crippen molar-refractivity contribution >= 4 is 5.65 Å². The van der Waals surface area contributed by atoms with Gasteiger partial charge in [-0.15, -0.1) is 0 Å². The lowest BCUT2D eigenvalue weighted by molar-refractivity contribution is 0.898. The van der Waals surface area contributed by atoms with E-state index in [-0.39, 0.29) is 0 Å². The first-order valence-corrected chi connectivity index (χ1v) is 5.67. The van der Waals surface area contributed by atoms with Crippen LogP contribution in [0.4, 0.5) is 0 Å². The average Bonchev–Trinajstić information content (AvgIpc) is 2.71. The molecule has 84 valence electrons. The van der Waals surface area contributed by atoms with E-state index in [4.69, 9.17) is 0 Å². The summed E-state index contributed by atoms with van der Waals surface area (Å²) in [5, 5.41) is 4.45. The molecule has 3 heteroatoms. The van der Waals surface area contributed by atoms with Crippen molar-refractivity contribution in [3.8, 4) is 0 Å². The molecule has 2 heterocycles. The molecule has 1 aromatic carbocycles. The van der Waals surface area contributed by atoms with E-state index >= 15 is 0 Å². The summed E-state index contributed by atoms with van der Waals surface area (Å²) >= 11 is 0. The maximum absolute atomic E-state index is 4.52. The van der Waals surface area contributed by atoms with E-state index < -0.39 is 0 Å². The Morgan fingerprint density at radius 1 is 1.12 bits per heavy atom. The Morgan fingerprint density at radius 2 is 1.94 bits per heavy atom. The van der Waals surface area contributed by atoms with Crippen molar-refractivity contribution < 1.29 is 0 Å². The second-order valence-corrected chi connectivity index (χ2v) is 4.20. The second kappa shape index (κ2) is 4.01. The molecule has 2 aromatic heterocycles. The van der Waals surface area contributed by atoms with E-state index in [0.29, 0.717) is 0 Å². The Morgan fingerprint density at radius 3 is 2.76 bits per heavy atom. The molecule has 0 saturated heterocycles. The first-order valence-electron chi connectivity index (χ1n) is 5.67. The maximum atomic E-state index is 4.52. The van der Waals surface area contributed by atoms with Gasteiger partial charge in [-0.2, -0.15) is 5.10 Å². The fourth-order valence-electron chi connectivity index (χ4n) is 1.88. The van der Waals surface area contributed by atoms with E-state index in [1.807, 2.05) is 41.0 Å². The molecule has 0 aliphatic rings. The first kappa shape index (κ1) is 10.0. The van der Waals surface area contributed by atoms with Gasteiger partial charge in [0.25, 0.3) is 0 Å². The zero-order valence-electron chi connectivity index (χ0n) is 9.67. The Bertz CT molecular complexity index is 641. The summed E-state index contributed by atoms with van der Waals surface area (Å²) < 4.78 is 1.82. The molecule has 0 amide bonds. The summed E-state index contributed by atoms with van der Waals surface area (Å²) in [6.45, 7) is 2.06. The smallest absolute Gasteiger partial charge is 0.156 e. The zero-order chi connectivity index (χ0) is 11.7. The highest BCUT2D eigenvalue weighted by molar-refractivity contribution is 5.40. The molecule has 0 saturated carbocycles. The summed E-state index contributed by atoms with van der Waals surface area (Å²) in [6.07, 6.45) is 2.73. The molecular formula is C14H13N3. The number of rotatable bonds is 2. The van der Waals surface area contributed by atoms with Crippen molar-refractivity contribution in [1.82, 2.24) is 14.6 Å². The SMILES string of the molecule is Cc1ccn2nc(Cc3ccccc3)nc2c1. The van der Waals surface area contributed by atoms with Crippen LogP contribution in [0, 0.1) is 6.92 Å². The molecule has 0 aliphatic heterocycles. The maximum Gasteiger partial charge on any atom is 0.156 e. The number of aryl methyl sites for hydroxylation is 1. The fraction of sp³-hybridized carbons (Fsp3) is 0.143. The number of hydrogen-bond donors (Lipinski definition) is 0. The fourth-order valence-corrected chi connectivity index (χ4v) is 1.88. The molecule has 0 N–H and O–H groups in total. The van der Waals surface area contributed by atoms with Gasteiger partial charge in [0.2, 0.25) is 0 Å². The number of aromatic nitrogens is 3. The average molecular weight is 223 g/mol. The largest absolute Gasteiger partial charge is 0.221 e. The first-order chi connectivity index (χ1) is 8.31. The van der Waals surface area contributed by atoms with Crippen molar-refractivity contribution in [1.29, 1.82) is 0 Å². The van der Waals surface area contributed by atoms with Gasteiger partial charge < -0.3 is 0 Å². The van der Waals surface area contributed by atoms with Crippen LogP contribution in [0.15, 0.2) is 48.7 Å². The molecule has 0 unspecified atom stereocenters. The van der Waals surface area contributed by atoms with Crippen LogP contribution < -0.4 is 0 Å². The Labute approximate surface area is 99.7 Å². The molecule has 0 aliphatic carbocycles. The molecule has 0 atom stereocenters. The van der Waals surface area contributed by atoms with Gasteiger partial charge in [0.1, 0.15) is 0 Å². The van der Waals surface area contributed by atoms with E-state index in [1.54, 1.807) is 0 Å². The molecular weight excluding hydrogens is 210 g/mol. The molecule has 3 rings (SSSR count). The van der Waals surface area contributed by atoms with Gasteiger partial charge in [-0.3, -0.25) is 0 Å². The standard InChI is InChI=1S/C14H13N3/c1-11-7-8-17-14(9-11)15-13(16-17)10-12-5-3-2-4-6-12/h2-9H,10H2,1H3. The minimum atomic E-state index is 0.779. The molecule has 3 nitrogen and oxygen atoms in total. The quantitative estimate of drug-likeness (QED) is 0.668. The third kappa shape index (κ3) is 2.04. The van der Waals surface area contributed by atoms with Crippen LogP contribution in [0.3, 0.4) is 0 Å².